The number of aliphatic carboxylic acids is 1. The van der Waals surface area contributed by atoms with E-state index in [1.807, 2.05) is 30.3 Å². The summed E-state index contributed by atoms with van der Waals surface area (Å²) in [6.07, 6.45) is 1.00. The lowest BCUT2D eigenvalue weighted by Gasteiger charge is -2.35. The summed E-state index contributed by atoms with van der Waals surface area (Å²) in [7, 11) is 0. The maximum absolute atomic E-state index is 11.4. The fourth-order valence-corrected chi connectivity index (χ4v) is 1.93. The molecule has 5 heteroatoms. The molecule has 0 fully saturated rings. The molecule has 1 aromatic rings. The van der Waals surface area contributed by atoms with Crippen LogP contribution in [0.25, 0.3) is 0 Å². The van der Waals surface area contributed by atoms with Crippen molar-refractivity contribution in [3.63, 3.8) is 0 Å². The Balaban J connectivity index is 2.82. The van der Waals surface area contributed by atoms with Gasteiger partial charge in [-0.15, -0.1) is 0 Å². The second-order valence-corrected chi connectivity index (χ2v) is 4.23. The van der Waals surface area contributed by atoms with E-state index in [-0.39, 0.29) is 19.4 Å². The van der Waals surface area contributed by atoms with Crippen LogP contribution >= 0.6 is 0 Å². The Labute approximate surface area is 112 Å². The van der Waals surface area contributed by atoms with Crippen LogP contribution in [0, 0.1) is 0 Å². The largest absolute Gasteiger partial charge is 0.479 e. The van der Waals surface area contributed by atoms with Gasteiger partial charge in [-0.2, -0.15) is 0 Å². The van der Waals surface area contributed by atoms with E-state index in [9.17, 15) is 14.7 Å². The Hall–Kier alpha value is -1.88. The first-order valence-corrected chi connectivity index (χ1v) is 6.25. The third-order valence-electron chi connectivity index (χ3n) is 3.30. The topological polar surface area (TPSA) is 66.8 Å². The first kappa shape index (κ1) is 15.2. The number of hydrogen-bond acceptors (Lipinski definition) is 3. The van der Waals surface area contributed by atoms with Crippen molar-refractivity contribution in [3.05, 3.63) is 35.9 Å². The van der Waals surface area contributed by atoms with E-state index in [4.69, 9.17) is 4.84 Å². The molecule has 0 aliphatic heterocycles. The lowest BCUT2D eigenvalue weighted by atomic mass is 9.93. The van der Waals surface area contributed by atoms with E-state index in [1.165, 1.54) is 0 Å². The van der Waals surface area contributed by atoms with Gasteiger partial charge in [0.1, 0.15) is 6.61 Å². The van der Waals surface area contributed by atoms with Crippen LogP contribution in [0.15, 0.2) is 30.3 Å². The first-order valence-electron chi connectivity index (χ1n) is 6.25. The quantitative estimate of drug-likeness (QED) is 0.578. The van der Waals surface area contributed by atoms with Crippen LogP contribution in [0.1, 0.15) is 32.3 Å². The fourth-order valence-electron chi connectivity index (χ4n) is 1.93. The SMILES string of the molecule is CCC(CC)(C(=O)O)N(C=O)OCc1ccccc1. The minimum absolute atomic E-state index is 0.161. The molecule has 0 spiro atoms. The Bertz CT molecular complexity index is 415. The maximum Gasteiger partial charge on any atom is 0.332 e. The van der Waals surface area contributed by atoms with Gasteiger partial charge in [0, 0.05) is 0 Å². The van der Waals surface area contributed by atoms with E-state index in [2.05, 4.69) is 0 Å². The molecule has 0 saturated carbocycles. The number of hydrogen-bond donors (Lipinski definition) is 1. The third-order valence-corrected chi connectivity index (χ3v) is 3.30. The summed E-state index contributed by atoms with van der Waals surface area (Å²) in [5.41, 5.74) is -0.433. The summed E-state index contributed by atoms with van der Waals surface area (Å²) in [4.78, 5) is 27.9. The van der Waals surface area contributed by atoms with Crippen molar-refractivity contribution in [2.24, 2.45) is 0 Å². The molecule has 19 heavy (non-hydrogen) atoms. The molecule has 0 radical (unpaired) electrons. The molecule has 0 saturated heterocycles. The van der Waals surface area contributed by atoms with Crippen molar-refractivity contribution in [1.82, 2.24) is 5.06 Å². The zero-order valence-corrected chi connectivity index (χ0v) is 11.2. The zero-order valence-electron chi connectivity index (χ0n) is 11.2. The number of amides is 1. The molecule has 5 nitrogen and oxygen atoms in total. The van der Waals surface area contributed by atoms with Gasteiger partial charge in [-0.25, -0.2) is 9.86 Å². The van der Waals surface area contributed by atoms with E-state index in [0.29, 0.717) is 6.41 Å². The minimum Gasteiger partial charge on any atom is -0.479 e. The summed E-state index contributed by atoms with van der Waals surface area (Å²) in [6, 6.07) is 9.29. The monoisotopic (exact) mass is 265 g/mol. The Kier molecular flexibility index (Phi) is 5.51. The lowest BCUT2D eigenvalue weighted by molar-refractivity contribution is -0.225. The highest BCUT2D eigenvalue weighted by atomic mass is 16.7. The van der Waals surface area contributed by atoms with Gasteiger partial charge < -0.3 is 5.11 Å². The van der Waals surface area contributed by atoms with E-state index in [1.54, 1.807) is 13.8 Å². The molecule has 1 amide bonds. The average Bonchev–Trinajstić information content (AvgIpc) is 2.44. The second-order valence-electron chi connectivity index (χ2n) is 4.23. The number of carbonyl (C=O) groups excluding carboxylic acids is 1. The predicted molar refractivity (Wildman–Crippen MR) is 70.1 cm³/mol. The lowest BCUT2D eigenvalue weighted by Crippen LogP contribution is -2.53. The van der Waals surface area contributed by atoms with Gasteiger partial charge >= 0.3 is 5.97 Å². The van der Waals surface area contributed by atoms with Crippen LogP contribution in [0.5, 0.6) is 0 Å². The first-order chi connectivity index (χ1) is 9.10. The number of benzene rings is 1. The molecular formula is C14H19NO4. The maximum atomic E-state index is 11.4. The van der Waals surface area contributed by atoms with Crippen molar-refractivity contribution in [1.29, 1.82) is 0 Å². The van der Waals surface area contributed by atoms with Crippen LogP contribution in [-0.2, 0) is 21.0 Å². The normalized spacial score (nSPS) is 11.1. The van der Waals surface area contributed by atoms with Crippen molar-refractivity contribution >= 4 is 12.4 Å². The van der Waals surface area contributed by atoms with Crippen molar-refractivity contribution in [3.8, 4) is 0 Å². The third kappa shape index (κ3) is 3.32. The highest BCUT2D eigenvalue weighted by molar-refractivity contribution is 5.80. The van der Waals surface area contributed by atoms with Gasteiger partial charge in [-0.05, 0) is 18.4 Å². The van der Waals surface area contributed by atoms with E-state index >= 15 is 0 Å². The van der Waals surface area contributed by atoms with Crippen molar-refractivity contribution < 1.29 is 19.5 Å². The number of rotatable bonds is 8. The molecule has 0 aliphatic rings. The van der Waals surface area contributed by atoms with Gasteiger partial charge in [0.2, 0.25) is 6.41 Å². The molecular weight excluding hydrogens is 246 g/mol. The van der Waals surface area contributed by atoms with Crippen molar-refractivity contribution in [2.75, 3.05) is 0 Å². The number of carboxylic acid groups (broad SMARTS) is 1. The number of hydroxylamine groups is 2. The Morgan fingerprint density at radius 1 is 1.32 bits per heavy atom. The highest BCUT2D eigenvalue weighted by Gasteiger charge is 2.42. The summed E-state index contributed by atoms with van der Waals surface area (Å²) >= 11 is 0. The molecule has 0 atom stereocenters. The van der Waals surface area contributed by atoms with Gasteiger partial charge in [0.05, 0.1) is 0 Å². The Morgan fingerprint density at radius 2 is 1.89 bits per heavy atom. The van der Waals surface area contributed by atoms with Crippen molar-refractivity contribution in [2.45, 2.75) is 38.8 Å². The van der Waals surface area contributed by atoms with Crippen LogP contribution in [0.2, 0.25) is 0 Å². The highest BCUT2D eigenvalue weighted by Crippen LogP contribution is 2.24. The smallest absolute Gasteiger partial charge is 0.332 e. The summed E-state index contributed by atoms with van der Waals surface area (Å²) in [5, 5.41) is 10.3. The molecule has 1 N–H and O–H groups in total. The van der Waals surface area contributed by atoms with Crippen LogP contribution < -0.4 is 0 Å². The molecule has 1 aromatic carbocycles. The van der Waals surface area contributed by atoms with Gasteiger partial charge in [-0.3, -0.25) is 9.63 Å². The predicted octanol–water partition coefficient (Wildman–Crippen LogP) is 2.22. The van der Waals surface area contributed by atoms with Gasteiger partial charge in [0.15, 0.2) is 5.54 Å². The molecule has 104 valence electrons. The molecule has 0 bridgehead atoms. The molecule has 1 rings (SSSR count). The number of carbonyl (C=O) groups is 2. The summed E-state index contributed by atoms with van der Waals surface area (Å²) in [5.74, 6) is -1.06. The van der Waals surface area contributed by atoms with Crippen LogP contribution in [-0.4, -0.2) is 28.1 Å². The number of nitrogens with zero attached hydrogens (tertiary/aromatic N) is 1. The summed E-state index contributed by atoms with van der Waals surface area (Å²) in [6.45, 7) is 3.61. The standard InChI is InChI=1S/C14H19NO4/c1-3-14(4-2,13(17)18)15(11-16)19-10-12-8-6-5-7-9-12/h5-9,11H,3-4,10H2,1-2H3,(H,17,18). The fraction of sp³-hybridized carbons (Fsp3) is 0.429. The molecule has 0 unspecified atom stereocenters. The molecule has 0 heterocycles. The van der Waals surface area contributed by atoms with Crippen LogP contribution in [0.4, 0.5) is 0 Å². The minimum atomic E-state index is -1.31. The van der Waals surface area contributed by atoms with Gasteiger partial charge in [0.25, 0.3) is 0 Å². The molecule has 0 aromatic heterocycles. The van der Waals surface area contributed by atoms with E-state index in [0.717, 1.165) is 10.6 Å². The van der Waals surface area contributed by atoms with E-state index < -0.39 is 11.5 Å². The Morgan fingerprint density at radius 3 is 2.32 bits per heavy atom. The number of carboxylic acids is 1. The molecule has 0 aliphatic carbocycles. The van der Waals surface area contributed by atoms with Gasteiger partial charge in [-0.1, -0.05) is 44.2 Å². The second kappa shape index (κ2) is 6.89. The average molecular weight is 265 g/mol. The zero-order chi connectivity index (χ0) is 14.3. The van der Waals surface area contributed by atoms with Crippen LogP contribution in [0.3, 0.4) is 0 Å². The summed E-state index contributed by atoms with van der Waals surface area (Å²) < 4.78 is 0.